The minimum atomic E-state index is -0.917. The molecule has 2 rings (SSSR count). The summed E-state index contributed by atoms with van der Waals surface area (Å²) in [7, 11) is 3.07. The van der Waals surface area contributed by atoms with Crippen LogP contribution in [0.3, 0.4) is 0 Å². The first-order chi connectivity index (χ1) is 12.0. The molecule has 2 aromatic rings. The molecule has 25 heavy (non-hydrogen) atoms. The lowest BCUT2D eigenvalue weighted by atomic mass is 10.1. The summed E-state index contributed by atoms with van der Waals surface area (Å²) in [6.45, 7) is 2.55. The van der Waals surface area contributed by atoms with E-state index in [4.69, 9.17) is 9.47 Å². The monoisotopic (exact) mass is 348 g/mol. The molecule has 3 N–H and O–H groups in total. The summed E-state index contributed by atoms with van der Waals surface area (Å²) >= 11 is 0. The molecule has 8 nitrogen and oxygen atoms in total. The van der Waals surface area contributed by atoms with Gasteiger partial charge in [-0.15, -0.1) is 0 Å². The number of carbonyl (C=O) groups is 1. The van der Waals surface area contributed by atoms with Crippen LogP contribution in [0, 0.1) is 0 Å². The summed E-state index contributed by atoms with van der Waals surface area (Å²) in [4.78, 5) is 15.9. The van der Waals surface area contributed by atoms with Crippen LogP contribution < -0.4 is 20.1 Å². The van der Waals surface area contributed by atoms with E-state index in [0.717, 1.165) is 0 Å². The number of benzene rings is 1. The van der Waals surface area contributed by atoms with Gasteiger partial charge >= 0.3 is 6.03 Å². The SMILES string of the molecule is COc1ccc(OC)c([C@H](O)CNC(=O)N[C@@H](C)Cn2ccnc2)c1. The summed E-state index contributed by atoms with van der Waals surface area (Å²) in [5.74, 6) is 1.14. The summed E-state index contributed by atoms with van der Waals surface area (Å²) < 4.78 is 12.3. The predicted molar refractivity (Wildman–Crippen MR) is 92.7 cm³/mol. The summed E-state index contributed by atoms with van der Waals surface area (Å²) in [6, 6.07) is 4.70. The maximum atomic E-state index is 12.0. The largest absolute Gasteiger partial charge is 0.497 e. The van der Waals surface area contributed by atoms with Crippen LogP contribution in [0.5, 0.6) is 11.5 Å². The van der Waals surface area contributed by atoms with Crippen LogP contribution in [0.2, 0.25) is 0 Å². The second-order valence-electron chi connectivity index (χ2n) is 5.64. The molecule has 2 amide bonds. The number of nitrogens with one attached hydrogen (secondary N) is 2. The molecule has 0 aliphatic carbocycles. The van der Waals surface area contributed by atoms with Gasteiger partial charge in [0.2, 0.25) is 0 Å². The molecule has 0 saturated heterocycles. The lowest BCUT2D eigenvalue weighted by molar-refractivity contribution is 0.168. The van der Waals surface area contributed by atoms with Gasteiger partial charge in [-0.1, -0.05) is 0 Å². The molecule has 1 heterocycles. The van der Waals surface area contributed by atoms with Gasteiger partial charge in [-0.2, -0.15) is 0 Å². The van der Waals surface area contributed by atoms with Gasteiger partial charge in [-0.05, 0) is 25.1 Å². The number of aliphatic hydroxyl groups excluding tert-OH is 1. The molecule has 0 aliphatic heterocycles. The number of ether oxygens (including phenoxy) is 2. The van der Waals surface area contributed by atoms with Gasteiger partial charge in [0, 0.05) is 37.1 Å². The lowest BCUT2D eigenvalue weighted by Crippen LogP contribution is -2.43. The van der Waals surface area contributed by atoms with Crippen LogP contribution in [0.25, 0.3) is 0 Å². The van der Waals surface area contributed by atoms with Gasteiger partial charge in [-0.3, -0.25) is 0 Å². The first-order valence-corrected chi connectivity index (χ1v) is 7.93. The van der Waals surface area contributed by atoms with Crippen LogP contribution in [0.15, 0.2) is 36.9 Å². The quantitative estimate of drug-likeness (QED) is 0.668. The fraction of sp³-hybridized carbons (Fsp3) is 0.412. The minimum absolute atomic E-state index is 0.0488. The van der Waals surface area contributed by atoms with E-state index in [0.29, 0.717) is 23.6 Å². The number of aliphatic hydroxyl groups is 1. The Morgan fingerprint density at radius 1 is 1.36 bits per heavy atom. The first kappa shape index (κ1) is 18.6. The molecule has 0 radical (unpaired) electrons. The van der Waals surface area contributed by atoms with Crippen molar-refractivity contribution in [3.63, 3.8) is 0 Å². The van der Waals surface area contributed by atoms with E-state index < -0.39 is 6.10 Å². The third-order valence-electron chi connectivity index (χ3n) is 3.67. The van der Waals surface area contributed by atoms with Crippen molar-refractivity contribution in [2.24, 2.45) is 0 Å². The van der Waals surface area contributed by atoms with Crippen molar-refractivity contribution in [3.05, 3.63) is 42.5 Å². The Balaban J connectivity index is 1.86. The first-order valence-electron chi connectivity index (χ1n) is 7.93. The fourth-order valence-corrected chi connectivity index (χ4v) is 2.43. The highest BCUT2D eigenvalue weighted by Crippen LogP contribution is 2.28. The number of nitrogens with zero attached hydrogens (tertiary/aromatic N) is 2. The molecular formula is C17H24N4O4. The Bertz CT molecular complexity index is 675. The van der Waals surface area contributed by atoms with Crippen molar-refractivity contribution in [3.8, 4) is 11.5 Å². The van der Waals surface area contributed by atoms with Gasteiger partial charge in [0.25, 0.3) is 0 Å². The zero-order chi connectivity index (χ0) is 18.2. The summed E-state index contributed by atoms with van der Waals surface area (Å²) in [6.07, 6.45) is 4.29. The summed E-state index contributed by atoms with van der Waals surface area (Å²) in [5, 5.41) is 15.8. The van der Waals surface area contributed by atoms with E-state index in [1.54, 1.807) is 37.8 Å². The van der Waals surface area contributed by atoms with Gasteiger partial charge in [-0.25, -0.2) is 9.78 Å². The van der Waals surface area contributed by atoms with E-state index in [1.807, 2.05) is 17.7 Å². The second-order valence-corrected chi connectivity index (χ2v) is 5.64. The van der Waals surface area contributed by atoms with Crippen molar-refractivity contribution in [2.45, 2.75) is 25.6 Å². The van der Waals surface area contributed by atoms with Crippen LogP contribution in [0.4, 0.5) is 4.79 Å². The number of hydrogen-bond donors (Lipinski definition) is 3. The standard InChI is InChI=1S/C17H24N4O4/c1-12(10-21-7-6-18-11-21)20-17(23)19-9-15(22)14-8-13(24-2)4-5-16(14)25-3/h4-8,11-12,15,22H,9-10H2,1-3H3,(H2,19,20,23)/t12-,15+/m0/s1. The molecule has 0 saturated carbocycles. The molecule has 8 heteroatoms. The van der Waals surface area contributed by atoms with Gasteiger partial charge in [0.05, 0.1) is 20.5 Å². The third-order valence-corrected chi connectivity index (χ3v) is 3.67. The number of methoxy groups -OCH3 is 2. The molecule has 0 unspecified atom stereocenters. The number of hydrogen-bond acceptors (Lipinski definition) is 5. The molecular weight excluding hydrogens is 324 g/mol. The number of urea groups is 1. The maximum Gasteiger partial charge on any atom is 0.315 e. The maximum absolute atomic E-state index is 12.0. The average Bonchev–Trinajstić information content (AvgIpc) is 3.11. The molecule has 0 fully saturated rings. The molecule has 2 atom stereocenters. The Hall–Kier alpha value is -2.74. The van der Waals surface area contributed by atoms with E-state index in [9.17, 15) is 9.90 Å². The van der Waals surface area contributed by atoms with Gasteiger partial charge in [0.1, 0.15) is 17.6 Å². The highest BCUT2D eigenvalue weighted by molar-refractivity contribution is 5.74. The highest BCUT2D eigenvalue weighted by Gasteiger charge is 2.16. The van der Waals surface area contributed by atoms with E-state index in [-0.39, 0.29) is 18.6 Å². The normalized spacial score (nSPS) is 13.0. The number of carbonyl (C=O) groups excluding carboxylic acids is 1. The van der Waals surface area contributed by atoms with Crippen molar-refractivity contribution in [2.75, 3.05) is 20.8 Å². The fourth-order valence-electron chi connectivity index (χ4n) is 2.43. The zero-order valence-electron chi connectivity index (χ0n) is 14.6. The highest BCUT2D eigenvalue weighted by atomic mass is 16.5. The average molecular weight is 348 g/mol. The number of rotatable bonds is 8. The number of aromatic nitrogens is 2. The van der Waals surface area contributed by atoms with Crippen LogP contribution in [0.1, 0.15) is 18.6 Å². The topological polar surface area (TPSA) is 97.6 Å². The van der Waals surface area contributed by atoms with Gasteiger partial charge in [0.15, 0.2) is 0 Å². The lowest BCUT2D eigenvalue weighted by Gasteiger charge is -2.18. The molecule has 0 bridgehead atoms. The van der Waals surface area contributed by atoms with E-state index in [1.165, 1.54) is 7.11 Å². The van der Waals surface area contributed by atoms with Crippen LogP contribution in [-0.4, -0.2) is 47.5 Å². The Kier molecular flexibility index (Phi) is 6.64. The molecule has 136 valence electrons. The smallest absolute Gasteiger partial charge is 0.315 e. The van der Waals surface area contributed by atoms with Crippen molar-refractivity contribution >= 4 is 6.03 Å². The van der Waals surface area contributed by atoms with Crippen molar-refractivity contribution < 1.29 is 19.4 Å². The van der Waals surface area contributed by atoms with Crippen LogP contribution >= 0.6 is 0 Å². The number of imidazole rings is 1. The summed E-state index contributed by atoms with van der Waals surface area (Å²) in [5.41, 5.74) is 0.550. The van der Waals surface area contributed by atoms with Crippen molar-refractivity contribution in [1.82, 2.24) is 20.2 Å². The van der Waals surface area contributed by atoms with Crippen molar-refractivity contribution in [1.29, 1.82) is 0 Å². The Morgan fingerprint density at radius 3 is 2.80 bits per heavy atom. The predicted octanol–water partition coefficient (Wildman–Crippen LogP) is 1.32. The molecule has 1 aromatic heterocycles. The molecule has 0 aliphatic rings. The zero-order valence-corrected chi connectivity index (χ0v) is 14.6. The molecule has 1 aromatic carbocycles. The second kappa shape index (κ2) is 8.93. The molecule has 0 spiro atoms. The minimum Gasteiger partial charge on any atom is -0.497 e. The Morgan fingerprint density at radius 2 is 2.16 bits per heavy atom. The Labute approximate surface area is 146 Å². The number of amides is 2. The third kappa shape index (κ3) is 5.39. The van der Waals surface area contributed by atoms with Gasteiger partial charge < -0.3 is 29.8 Å². The van der Waals surface area contributed by atoms with E-state index >= 15 is 0 Å². The van der Waals surface area contributed by atoms with E-state index in [2.05, 4.69) is 15.6 Å². The van der Waals surface area contributed by atoms with Crippen LogP contribution in [-0.2, 0) is 6.54 Å².